The van der Waals surface area contributed by atoms with Crippen LogP contribution in [0.5, 0.6) is 0 Å². The van der Waals surface area contributed by atoms with Crippen LogP contribution in [0, 0.1) is 5.92 Å². The number of hydrogen-bond donors (Lipinski definition) is 1. The molecule has 1 atom stereocenters. The summed E-state index contributed by atoms with van der Waals surface area (Å²) in [5.41, 5.74) is 0. The zero-order chi connectivity index (χ0) is 21.2. The summed E-state index contributed by atoms with van der Waals surface area (Å²) in [5, 5.41) is 2.77. The van der Waals surface area contributed by atoms with Crippen LogP contribution in [0.4, 0.5) is 0 Å². The standard InChI is InChI=1S/C20H36N2O6/c1-6-26-18(23)13-12-17(20(25)27-7-2)21-19(24)15-8-10-16(11-9-15)28-14-22(3,4)5/h15-17H,6-14H2,1-5H3/p+1. The van der Waals surface area contributed by atoms with Gasteiger partial charge in [-0.2, -0.15) is 0 Å². The van der Waals surface area contributed by atoms with E-state index in [0.717, 1.165) is 30.2 Å². The lowest BCUT2D eigenvalue weighted by molar-refractivity contribution is -0.891. The molecule has 1 aliphatic rings. The Morgan fingerprint density at radius 2 is 1.61 bits per heavy atom. The molecule has 0 heterocycles. The lowest BCUT2D eigenvalue weighted by Crippen LogP contribution is -2.46. The molecule has 0 saturated heterocycles. The number of carbonyl (C=O) groups is 3. The molecule has 1 amide bonds. The summed E-state index contributed by atoms with van der Waals surface area (Å²) in [6, 6.07) is -0.830. The second-order valence-corrected chi connectivity index (χ2v) is 8.22. The largest absolute Gasteiger partial charge is 0.466 e. The predicted molar refractivity (Wildman–Crippen MR) is 104 cm³/mol. The first kappa shape index (κ1) is 24.4. The maximum Gasteiger partial charge on any atom is 0.328 e. The Hall–Kier alpha value is -1.67. The van der Waals surface area contributed by atoms with Gasteiger partial charge in [0, 0.05) is 12.3 Å². The number of carbonyl (C=O) groups excluding carboxylic acids is 3. The van der Waals surface area contributed by atoms with Gasteiger partial charge in [0.2, 0.25) is 5.91 Å². The first-order valence-electron chi connectivity index (χ1n) is 10.2. The summed E-state index contributed by atoms with van der Waals surface area (Å²) in [4.78, 5) is 36.4. The lowest BCUT2D eigenvalue weighted by atomic mass is 9.86. The van der Waals surface area contributed by atoms with Crippen molar-refractivity contribution in [3.63, 3.8) is 0 Å². The zero-order valence-electron chi connectivity index (χ0n) is 18.0. The monoisotopic (exact) mass is 401 g/mol. The highest BCUT2D eigenvalue weighted by Gasteiger charge is 2.31. The third-order valence-electron chi connectivity index (χ3n) is 4.57. The Balaban J connectivity index is 2.51. The number of hydrogen-bond acceptors (Lipinski definition) is 6. The van der Waals surface area contributed by atoms with E-state index >= 15 is 0 Å². The number of nitrogens with zero attached hydrogens (tertiary/aromatic N) is 1. The average Bonchev–Trinajstić information content (AvgIpc) is 2.63. The van der Waals surface area contributed by atoms with Crippen LogP contribution in [0.25, 0.3) is 0 Å². The number of amides is 1. The van der Waals surface area contributed by atoms with Gasteiger partial charge in [-0.1, -0.05) is 0 Å². The summed E-state index contributed by atoms with van der Waals surface area (Å²) in [7, 11) is 6.22. The fraction of sp³-hybridized carbons (Fsp3) is 0.850. The lowest BCUT2D eigenvalue weighted by Gasteiger charge is -2.31. The average molecular weight is 402 g/mol. The number of quaternary nitrogens is 1. The highest BCUT2D eigenvalue weighted by Crippen LogP contribution is 2.27. The Morgan fingerprint density at radius 1 is 1.00 bits per heavy atom. The molecule has 8 nitrogen and oxygen atoms in total. The maximum absolute atomic E-state index is 12.6. The molecule has 0 aliphatic heterocycles. The van der Waals surface area contributed by atoms with E-state index in [1.807, 2.05) is 0 Å². The van der Waals surface area contributed by atoms with Crippen molar-refractivity contribution >= 4 is 17.8 Å². The molecule has 1 rings (SSSR count). The van der Waals surface area contributed by atoms with E-state index in [9.17, 15) is 14.4 Å². The Kier molecular flexibility index (Phi) is 10.5. The van der Waals surface area contributed by atoms with Crippen molar-refractivity contribution in [1.82, 2.24) is 5.32 Å². The van der Waals surface area contributed by atoms with E-state index in [-0.39, 0.29) is 50.0 Å². The van der Waals surface area contributed by atoms with Gasteiger partial charge in [0.05, 0.1) is 40.5 Å². The molecule has 0 aromatic carbocycles. The van der Waals surface area contributed by atoms with Crippen molar-refractivity contribution in [1.29, 1.82) is 0 Å². The summed E-state index contributed by atoms with van der Waals surface area (Å²) in [6.45, 7) is 4.58. The van der Waals surface area contributed by atoms with Crippen molar-refractivity contribution in [2.45, 2.75) is 64.5 Å². The molecule has 1 N–H and O–H groups in total. The van der Waals surface area contributed by atoms with Crippen molar-refractivity contribution in [2.75, 3.05) is 41.1 Å². The number of rotatable bonds is 11. The van der Waals surface area contributed by atoms with Crippen LogP contribution in [-0.4, -0.2) is 75.6 Å². The smallest absolute Gasteiger partial charge is 0.328 e. The molecular weight excluding hydrogens is 364 g/mol. The van der Waals surface area contributed by atoms with Gasteiger partial charge >= 0.3 is 11.9 Å². The van der Waals surface area contributed by atoms with Crippen LogP contribution in [-0.2, 0) is 28.6 Å². The SMILES string of the molecule is CCOC(=O)CCC(NC(=O)C1CCC(OC[N+](C)(C)C)CC1)C(=O)OCC. The van der Waals surface area contributed by atoms with Gasteiger partial charge in [0.1, 0.15) is 6.04 Å². The molecule has 162 valence electrons. The first-order chi connectivity index (χ1) is 13.2. The van der Waals surface area contributed by atoms with Gasteiger partial charge in [0.25, 0.3) is 0 Å². The van der Waals surface area contributed by atoms with E-state index in [1.54, 1.807) is 13.8 Å². The Morgan fingerprint density at radius 3 is 2.14 bits per heavy atom. The van der Waals surface area contributed by atoms with E-state index in [2.05, 4.69) is 26.5 Å². The van der Waals surface area contributed by atoms with Gasteiger partial charge in [0.15, 0.2) is 6.73 Å². The van der Waals surface area contributed by atoms with Gasteiger partial charge < -0.3 is 24.0 Å². The molecule has 8 heteroatoms. The van der Waals surface area contributed by atoms with Crippen molar-refractivity contribution in [3.8, 4) is 0 Å². The van der Waals surface area contributed by atoms with Crippen LogP contribution in [0.1, 0.15) is 52.4 Å². The van der Waals surface area contributed by atoms with Gasteiger partial charge in [-0.05, 0) is 46.0 Å². The van der Waals surface area contributed by atoms with Crippen molar-refractivity contribution in [3.05, 3.63) is 0 Å². The van der Waals surface area contributed by atoms with Crippen LogP contribution in [0.3, 0.4) is 0 Å². The maximum atomic E-state index is 12.6. The molecule has 1 aliphatic carbocycles. The molecule has 0 aromatic rings. The summed E-state index contributed by atoms with van der Waals surface area (Å²) in [5.74, 6) is -1.21. The highest BCUT2D eigenvalue weighted by molar-refractivity contribution is 5.86. The molecule has 0 aromatic heterocycles. The minimum Gasteiger partial charge on any atom is -0.466 e. The first-order valence-corrected chi connectivity index (χ1v) is 10.2. The van der Waals surface area contributed by atoms with Gasteiger partial charge in [-0.25, -0.2) is 4.79 Å². The summed E-state index contributed by atoms with van der Waals surface area (Å²) >= 11 is 0. The topological polar surface area (TPSA) is 90.9 Å². The van der Waals surface area contributed by atoms with E-state index < -0.39 is 12.0 Å². The normalized spacial score (nSPS) is 20.9. The fourth-order valence-electron chi connectivity index (χ4n) is 3.10. The third kappa shape index (κ3) is 9.50. The third-order valence-corrected chi connectivity index (χ3v) is 4.57. The van der Waals surface area contributed by atoms with Crippen LogP contribution in [0.2, 0.25) is 0 Å². The van der Waals surface area contributed by atoms with Crippen LogP contribution >= 0.6 is 0 Å². The molecule has 0 spiro atoms. The van der Waals surface area contributed by atoms with E-state index in [0.29, 0.717) is 6.73 Å². The highest BCUT2D eigenvalue weighted by atomic mass is 16.5. The second kappa shape index (κ2) is 12.0. The molecule has 0 radical (unpaired) electrons. The number of esters is 2. The van der Waals surface area contributed by atoms with Gasteiger partial charge in [-0.3, -0.25) is 9.59 Å². The summed E-state index contributed by atoms with van der Waals surface area (Å²) < 4.78 is 16.6. The molecular formula is C20H37N2O6+. The van der Waals surface area contributed by atoms with Crippen molar-refractivity contribution < 1.29 is 33.1 Å². The quantitative estimate of drug-likeness (QED) is 0.321. The molecule has 1 unspecified atom stereocenters. The zero-order valence-corrected chi connectivity index (χ0v) is 18.0. The second-order valence-electron chi connectivity index (χ2n) is 8.22. The molecule has 1 fully saturated rings. The fourth-order valence-corrected chi connectivity index (χ4v) is 3.10. The molecule has 1 saturated carbocycles. The Labute approximate surface area is 168 Å². The minimum absolute atomic E-state index is 0.0588. The van der Waals surface area contributed by atoms with Crippen LogP contribution in [0.15, 0.2) is 0 Å². The summed E-state index contributed by atoms with van der Waals surface area (Å²) in [6.07, 6.45) is 3.50. The molecule has 28 heavy (non-hydrogen) atoms. The minimum atomic E-state index is -0.830. The van der Waals surface area contributed by atoms with Crippen LogP contribution < -0.4 is 5.32 Å². The van der Waals surface area contributed by atoms with E-state index in [1.165, 1.54) is 0 Å². The Bertz CT molecular complexity index is 509. The van der Waals surface area contributed by atoms with Crippen molar-refractivity contribution in [2.24, 2.45) is 5.92 Å². The molecule has 0 bridgehead atoms. The van der Waals surface area contributed by atoms with E-state index in [4.69, 9.17) is 14.2 Å². The van der Waals surface area contributed by atoms with Gasteiger partial charge in [-0.15, -0.1) is 0 Å². The predicted octanol–water partition coefficient (Wildman–Crippen LogP) is 1.62. The number of ether oxygens (including phenoxy) is 3. The number of nitrogens with one attached hydrogen (secondary N) is 1.